The van der Waals surface area contributed by atoms with Crippen molar-refractivity contribution in [3.8, 4) is 5.75 Å². The smallest absolute Gasteiger partial charge is 0.304 e. The SMILES string of the molecule is O=C(O)CC1Cc2ccc(OCCCNc3cccc[n+]3[O-])cc2CN(CCc2ccccc2)C1=O. The van der Waals surface area contributed by atoms with Crippen LogP contribution in [-0.4, -0.2) is 41.6 Å². The van der Waals surface area contributed by atoms with Crippen molar-refractivity contribution in [3.63, 3.8) is 0 Å². The standard InChI is InChI=1S/C28H31N3O5/c32-27(33)19-23-17-22-10-11-25(36-16-6-13-29-26-9-4-5-14-31(26)35)18-24(22)20-30(28(23)34)15-12-21-7-2-1-3-8-21/h1-5,7-11,14,18,23,29H,6,12-13,15-17,19-20H2,(H,32,33). The maximum Gasteiger partial charge on any atom is 0.304 e. The van der Waals surface area contributed by atoms with Gasteiger partial charge in [0.25, 0.3) is 5.82 Å². The molecular formula is C28H31N3O5. The first-order valence-corrected chi connectivity index (χ1v) is 12.2. The van der Waals surface area contributed by atoms with E-state index in [9.17, 15) is 19.9 Å². The van der Waals surface area contributed by atoms with Crippen LogP contribution >= 0.6 is 0 Å². The zero-order valence-corrected chi connectivity index (χ0v) is 20.1. The van der Waals surface area contributed by atoms with Gasteiger partial charge in [0.05, 0.1) is 31.7 Å². The molecule has 2 heterocycles. The number of fused-ring (bicyclic) bond motifs is 1. The molecule has 0 saturated carbocycles. The van der Waals surface area contributed by atoms with Crippen molar-refractivity contribution in [2.45, 2.75) is 32.2 Å². The fourth-order valence-electron chi connectivity index (χ4n) is 4.44. The molecule has 2 N–H and O–H groups in total. The molecule has 36 heavy (non-hydrogen) atoms. The first-order chi connectivity index (χ1) is 17.5. The van der Waals surface area contributed by atoms with Crippen LogP contribution in [0.15, 0.2) is 72.9 Å². The second-order valence-electron chi connectivity index (χ2n) is 8.97. The number of anilines is 1. The number of benzene rings is 2. The molecule has 0 saturated heterocycles. The fraction of sp³-hybridized carbons (Fsp3) is 0.321. The topological polar surface area (TPSA) is 106 Å². The summed E-state index contributed by atoms with van der Waals surface area (Å²) in [7, 11) is 0. The van der Waals surface area contributed by atoms with Gasteiger partial charge in [-0.15, -0.1) is 0 Å². The molecule has 1 unspecified atom stereocenters. The second kappa shape index (κ2) is 12.1. The minimum absolute atomic E-state index is 0.116. The number of carbonyl (C=O) groups excluding carboxylic acids is 1. The van der Waals surface area contributed by atoms with Crippen molar-refractivity contribution in [1.82, 2.24) is 4.90 Å². The van der Waals surface area contributed by atoms with E-state index in [1.165, 1.54) is 6.20 Å². The van der Waals surface area contributed by atoms with Crippen molar-refractivity contribution < 1.29 is 24.2 Å². The molecule has 8 heteroatoms. The number of amides is 1. The molecule has 188 valence electrons. The molecule has 0 aliphatic carbocycles. The summed E-state index contributed by atoms with van der Waals surface area (Å²) in [4.78, 5) is 26.5. The van der Waals surface area contributed by atoms with Gasteiger partial charge in [-0.25, -0.2) is 4.73 Å². The summed E-state index contributed by atoms with van der Waals surface area (Å²) in [5, 5.41) is 24.2. The Morgan fingerprint density at radius 2 is 1.92 bits per heavy atom. The molecular weight excluding hydrogens is 458 g/mol. The third kappa shape index (κ3) is 6.75. The van der Waals surface area contributed by atoms with Crippen LogP contribution in [-0.2, 0) is 29.0 Å². The Balaban J connectivity index is 1.39. The summed E-state index contributed by atoms with van der Waals surface area (Å²) >= 11 is 0. The largest absolute Gasteiger partial charge is 0.711 e. The van der Waals surface area contributed by atoms with E-state index in [1.807, 2.05) is 48.5 Å². The van der Waals surface area contributed by atoms with Crippen molar-refractivity contribution in [2.75, 3.05) is 25.0 Å². The molecule has 0 spiro atoms. The number of rotatable bonds is 11. The molecule has 8 nitrogen and oxygen atoms in total. The van der Waals surface area contributed by atoms with E-state index in [4.69, 9.17) is 4.74 Å². The second-order valence-corrected chi connectivity index (χ2v) is 8.97. The van der Waals surface area contributed by atoms with E-state index < -0.39 is 11.9 Å². The van der Waals surface area contributed by atoms with Crippen molar-refractivity contribution in [2.24, 2.45) is 5.92 Å². The molecule has 1 amide bonds. The lowest BCUT2D eigenvalue weighted by molar-refractivity contribution is -0.590. The van der Waals surface area contributed by atoms with Gasteiger partial charge >= 0.3 is 5.97 Å². The fourth-order valence-corrected chi connectivity index (χ4v) is 4.44. The number of ether oxygens (including phenoxy) is 1. The van der Waals surface area contributed by atoms with Crippen LogP contribution in [0.1, 0.15) is 29.5 Å². The maximum atomic E-state index is 13.2. The van der Waals surface area contributed by atoms with E-state index in [0.717, 1.165) is 21.4 Å². The Hall–Kier alpha value is -4.07. The number of aliphatic carboxylic acids is 1. The van der Waals surface area contributed by atoms with E-state index in [2.05, 4.69) is 5.32 Å². The zero-order chi connectivity index (χ0) is 25.3. The van der Waals surface area contributed by atoms with Crippen molar-refractivity contribution in [3.05, 3.63) is 94.8 Å². The number of carboxylic acids is 1. The van der Waals surface area contributed by atoms with Crippen LogP contribution in [0.5, 0.6) is 5.75 Å². The summed E-state index contributed by atoms with van der Waals surface area (Å²) in [6, 6.07) is 20.9. The van der Waals surface area contributed by atoms with Gasteiger partial charge < -0.3 is 20.0 Å². The van der Waals surface area contributed by atoms with E-state index in [0.29, 0.717) is 57.1 Å². The van der Waals surface area contributed by atoms with Crippen LogP contribution < -0.4 is 14.8 Å². The molecule has 1 aromatic heterocycles. The van der Waals surface area contributed by atoms with Gasteiger partial charge in [0, 0.05) is 25.6 Å². The highest BCUT2D eigenvalue weighted by Gasteiger charge is 2.31. The average Bonchev–Trinajstić information content (AvgIpc) is 3.00. The van der Waals surface area contributed by atoms with E-state index >= 15 is 0 Å². The normalized spacial score (nSPS) is 15.2. The number of pyridine rings is 1. The molecule has 1 aliphatic rings. The van der Waals surface area contributed by atoms with E-state index in [-0.39, 0.29) is 12.3 Å². The Kier molecular flexibility index (Phi) is 8.39. The van der Waals surface area contributed by atoms with Crippen LogP contribution in [0.3, 0.4) is 0 Å². The van der Waals surface area contributed by atoms with Crippen LogP contribution in [0.25, 0.3) is 0 Å². The molecule has 2 aromatic carbocycles. The highest BCUT2D eigenvalue weighted by Crippen LogP contribution is 2.28. The Morgan fingerprint density at radius 3 is 2.69 bits per heavy atom. The number of hydrogen-bond donors (Lipinski definition) is 2. The van der Waals surface area contributed by atoms with Gasteiger partial charge in [-0.3, -0.25) is 14.9 Å². The molecule has 0 fully saturated rings. The number of aromatic nitrogens is 1. The van der Waals surface area contributed by atoms with Crippen molar-refractivity contribution >= 4 is 17.7 Å². The van der Waals surface area contributed by atoms with Gasteiger partial charge in [0.2, 0.25) is 5.91 Å². The predicted octanol–water partition coefficient (Wildman–Crippen LogP) is 3.42. The number of carbonyl (C=O) groups is 2. The van der Waals surface area contributed by atoms with Gasteiger partial charge in [0.15, 0.2) is 0 Å². The lowest BCUT2D eigenvalue weighted by Gasteiger charge is -2.24. The highest BCUT2D eigenvalue weighted by molar-refractivity contribution is 5.84. The summed E-state index contributed by atoms with van der Waals surface area (Å²) in [6.07, 6.45) is 3.07. The lowest BCUT2D eigenvalue weighted by atomic mass is 9.94. The molecule has 3 aromatic rings. The summed E-state index contributed by atoms with van der Waals surface area (Å²) in [5.74, 6) is -0.460. The number of hydrogen-bond acceptors (Lipinski definition) is 5. The molecule has 4 rings (SSSR count). The zero-order valence-electron chi connectivity index (χ0n) is 20.1. The Morgan fingerprint density at radius 1 is 1.11 bits per heavy atom. The summed E-state index contributed by atoms with van der Waals surface area (Å²) in [6.45, 7) is 2.01. The van der Waals surface area contributed by atoms with Gasteiger partial charge in [-0.1, -0.05) is 42.5 Å². The number of carboxylic acid groups (broad SMARTS) is 1. The molecule has 1 aliphatic heterocycles. The first kappa shape index (κ1) is 25.0. The number of nitrogens with zero attached hydrogens (tertiary/aromatic N) is 2. The minimum Gasteiger partial charge on any atom is -0.711 e. The van der Waals surface area contributed by atoms with Crippen molar-refractivity contribution in [1.29, 1.82) is 0 Å². The summed E-state index contributed by atoms with van der Waals surface area (Å²) in [5.41, 5.74) is 3.10. The monoisotopic (exact) mass is 489 g/mol. The first-order valence-electron chi connectivity index (χ1n) is 12.2. The summed E-state index contributed by atoms with van der Waals surface area (Å²) < 4.78 is 6.73. The predicted molar refractivity (Wildman–Crippen MR) is 135 cm³/mol. The molecule has 0 bridgehead atoms. The lowest BCUT2D eigenvalue weighted by Crippen LogP contribution is -2.37. The van der Waals surface area contributed by atoms with Crippen LogP contribution in [0.2, 0.25) is 0 Å². The van der Waals surface area contributed by atoms with Gasteiger partial charge in [0.1, 0.15) is 5.75 Å². The van der Waals surface area contributed by atoms with Crippen LogP contribution in [0, 0.1) is 11.1 Å². The van der Waals surface area contributed by atoms with E-state index in [1.54, 1.807) is 23.1 Å². The molecule has 0 radical (unpaired) electrons. The average molecular weight is 490 g/mol. The maximum absolute atomic E-state index is 13.2. The van der Waals surface area contributed by atoms with Crippen LogP contribution in [0.4, 0.5) is 5.82 Å². The quantitative estimate of drug-likeness (QED) is 0.243. The Bertz CT molecular complexity index is 1180. The Labute approximate surface area is 210 Å². The minimum atomic E-state index is -0.966. The number of nitrogens with one attached hydrogen (secondary N) is 1. The third-order valence-electron chi connectivity index (χ3n) is 6.32. The third-order valence-corrected chi connectivity index (χ3v) is 6.32. The van der Waals surface area contributed by atoms with Gasteiger partial charge in [-0.05, 0) is 47.7 Å². The van der Waals surface area contributed by atoms with Gasteiger partial charge in [-0.2, -0.15) is 0 Å². The molecule has 1 atom stereocenters. The highest BCUT2D eigenvalue weighted by atomic mass is 16.5.